The molecule has 0 bridgehead atoms. The molecule has 2 nitrogen and oxygen atoms in total. The molecule has 0 N–H and O–H groups in total. The summed E-state index contributed by atoms with van der Waals surface area (Å²) in [5, 5.41) is 0. The lowest BCUT2D eigenvalue weighted by Gasteiger charge is -2.28. The van der Waals surface area contributed by atoms with Gasteiger partial charge < -0.3 is 4.74 Å². The van der Waals surface area contributed by atoms with Gasteiger partial charge in [0.25, 0.3) is 0 Å². The van der Waals surface area contributed by atoms with E-state index in [-0.39, 0.29) is 17.3 Å². The number of hydrogen-bond acceptors (Lipinski definition) is 2. The molecule has 4 rings (SSSR count). The van der Waals surface area contributed by atoms with Crippen molar-refractivity contribution < 1.29 is 22.7 Å². The number of carbonyl (C=O) groups is 1. The van der Waals surface area contributed by atoms with Crippen molar-refractivity contribution in [3.05, 3.63) is 88.7 Å². The molecule has 0 aromatic heterocycles. The highest BCUT2D eigenvalue weighted by Crippen LogP contribution is 2.38. The fourth-order valence-corrected chi connectivity index (χ4v) is 5.24. The van der Waals surface area contributed by atoms with Crippen molar-refractivity contribution in [3.8, 4) is 16.9 Å². The van der Waals surface area contributed by atoms with Gasteiger partial charge in [0.15, 0.2) is 11.6 Å². The van der Waals surface area contributed by atoms with Crippen LogP contribution in [-0.4, -0.2) is 5.97 Å². The summed E-state index contributed by atoms with van der Waals surface area (Å²) in [6, 6.07) is 15.6. The first-order valence-electron chi connectivity index (χ1n) is 13.5. The summed E-state index contributed by atoms with van der Waals surface area (Å²) in [4.78, 5) is 12.8. The molecule has 3 aromatic rings. The van der Waals surface area contributed by atoms with Crippen LogP contribution in [0.3, 0.4) is 0 Å². The molecule has 1 fully saturated rings. The summed E-state index contributed by atoms with van der Waals surface area (Å²) < 4.78 is 49.7. The maximum absolute atomic E-state index is 14.9. The van der Waals surface area contributed by atoms with E-state index < -0.39 is 29.3 Å². The van der Waals surface area contributed by atoms with Gasteiger partial charge in [-0.3, -0.25) is 4.79 Å². The Morgan fingerprint density at radius 1 is 0.811 bits per heavy atom. The van der Waals surface area contributed by atoms with E-state index >= 15 is 0 Å². The van der Waals surface area contributed by atoms with E-state index in [1.165, 1.54) is 12.1 Å². The van der Waals surface area contributed by atoms with Crippen LogP contribution < -0.4 is 4.74 Å². The topological polar surface area (TPSA) is 26.3 Å². The van der Waals surface area contributed by atoms with Gasteiger partial charge in [0.1, 0.15) is 5.82 Å². The van der Waals surface area contributed by atoms with Crippen molar-refractivity contribution in [3.63, 3.8) is 0 Å². The van der Waals surface area contributed by atoms with E-state index in [2.05, 4.69) is 13.8 Å². The summed E-state index contributed by atoms with van der Waals surface area (Å²) >= 11 is 0. The number of carbonyl (C=O) groups excluding carboxylic acids is 1. The second-order valence-corrected chi connectivity index (χ2v) is 10.1. The normalized spacial score (nSPS) is 17.5. The highest BCUT2D eigenvalue weighted by molar-refractivity contribution is 5.76. The number of ether oxygens (including phenoxy) is 1. The fourth-order valence-electron chi connectivity index (χ4n) is 5.24. The van der Waals surface area contributed by atoms with Crippen molar-refractivity contribution >= 4 is 5.97 Å². The first-order valence-corrected chi connectivity index (χ1v) is 13.5. The Morgan fingerprint density at radius 2 is 1.51 bits per heavy atom. The predicted molar refractivity (Wildman–Crippen MR) is 141 cm³/mol. The smallest absolute Gasteiger partial charge is 0.314 e. The van der Waals surface area contributed by atoms with Crippen LogP contribution >= 0.6 is 0 Å². The molecule has 0 radical (unpaired) electrons. The molecule has 3 aromatic carbocycles. The molecule has 0 aliphatic heterocycles. The lowest BCUT2D eigenvalue weighted by atomic mass is 9.78. The Morgan fingerprint density at radius 3 is 2.16 bits per heavy atom. The maximum atomic E-state index is 14.9. The zero-order chi connectivity index (χ0) is 26.4. The molecule has 0 spiro atoms. The van der Waals surface area contributed by atoms with Crippen molar-refractivity contribution in [2.75, 3.05) is 0 Å². The van der Waals surface area contributed by atoms with E-state index in [0.29, 0.717) is 36.8 Å². The molecule has 0 saturated heterocycles. The largest absolute Gasteiger partial charge is 0.423 e. The Balaban J connectivity index is 1.37. The van der Waals surface area contributed by atoms with Crippen molar-refractivity contribution in [2.45, 2.75) is 77.6 Å². The van der Waals surface area contributed by atoms with E-state index in [9.17, 15) is 18.0 Å². The minimum Gasteiger partial charge on any atom is -0.423 e. The van der Waals surface area contributed by atoms with Crippen molar-refractivity contribution in [1.82, 2.24) is 0 Å². The van der Waals surface area contributed by atoms with Crippen LogP contribution in [0.5, 0.6) is 5.75 Å². The van der Waals surface area contributed by atoms with Gasteiger partial charge in [0, 0.05) is 5.56 Å². The van der Waals surface area contributed by atoms with Gasteiger partial charge in [-0.15, -0.1) is 0 Å². The number of unbranched alkanes of at least 4 members (excludes halogenated alkanes) is 1. The molecule has 0 heterocycles. The molecule has 0 atom stereocenters. The van der Waals surface area contributed by atoms with Crippen LogP contribution in [-0.2, 0) is 17.6 Å². The summed E-state index contributed by atoms with van der Waals surface area (Å²) in [5.74, 6) is -3.72. The number of benzene rings is 3. The van der Waals surface area contributed by atoms with E-state index in [1.807, 2.05) is 24.3 Å². The summed E-state index contributed by atoms with van der Waals surface area (Å²) in [7, 11) is 0. The second kappa shape index (κ2) is 12.4. The molecular formula is C32H35F3O2. The lowest BCUT2D eigenvalue weighted by Crippen LogP contribution is -2.25. The van der Waals surface area contributed by atoms with Crippen LogP contribution in [0, 0.1) is 23.4 Å². The molecule has 5 heteroatoms. The van der Waals surface area contributed by atoms with Crippen LogP contribution in [0.25, 0.3) is 11.1 Å². The average Bonchev–Trinajstić information content (AvgIpc) is 2.91. The fraction of sp³-hybridized carbons (Fsp3) is 0.406. The molecule has 0 unspecified atom stereocenters. The maximum Gasteiger partial charge on any atom is 0.314 e. The van der Waals surface area contributed by atoms with Gasteiger partial charge in [-0.1, -0.05) is 63.1 Å². The third-order valence-electron chi connectivity index (χ3n) is 7.45. The van der Waals surface area contributed by atoms with Crippen LogP contribution in [0.15, 0.2) is 54.6 Å². The van der Waals surface area contributed by atoms with Gasteiger partial charge in [-0.25, -0.2) is 8.78 Å². The zero-order valence-corrected chi connectivity index (χ0v) is 21.7. The first-order chi connectivity index (χ1) is 17.9. The summed E-state index contributed by atoms with van der Waals surface area (Å²) in [6.45, 7) is 4.20. The third kappa shape index (κ3) is 6.44. The first kappa shape index (κ1) is 27.0. The molecule has 1 saturated carbocycles. The molecule has 1 aliphatic rings. The Bertz CT molecular complexity index is 1210. The standard InChI is InChI=1S/C32H35F3O2/c1-3-5-7-22-10-17-26(28(33)20-22)23-13-15-25(16-14-23)32(36)37-29-19-18-27(30(34)31(29)35)24-11-8-21(6-4-2)9-12-24/h8-12,17-20,23,25H,3-7,13-16H2,1-2H3. The summed E-state index contributed by atoms with van der Waals surface area (Å²) in [5.41, 5.74) is 3.54. The van der Waals surface area contributed by atoms with Crippen LogP contribution in [0.4, 0.5) is 13.2 Å². The monoisotopic (exact) mass is 508 g/mol. The van der Waals surface area contributed by atoms with Crippen LogP contribution in [0.1, 0.15) is 81.4 Å². The van der Waals surface area contributed by atoms with Crippen LogP contribution in [0.2, 0.25) is 0 Å². The van der Waals surface area contributed by atoms with Gasteiger partial charge in [0.05, 0.1) is 5.92 Å². The molecule has 37 heavy (non-hydrogen) atoms. The van der Waals surface area contributed by atoms with Crippen molar-refractivity contribution in [2.24, 2.45) is 5.92 Å². The second-order valence-electron chi connectivity index (χ2n) is 10.1. The van der Waals surface area contributed by atoms with E-state index in [4.69, 9.17) is 4.74 Å². The number of aryl methyl sites for hydroxylation is 2. The van der Waals surface area contributed by atoms with Gasteiger partial charge >= 0.3 is 5.97 Å². The number of halogens is 3. The SMILES string of the molecule is CCCCc1ccc(C2CCC(C(=O)Oc3ccc(-c4ccc(CCC)cc4)c(F)c3F)CC2)c(F)c1. The highest BCUT2D eigenvalue weighted by Gasteiger charge is 2.30. The summed E-state index contributed by atoms with van der Waals surface area (Å²) in [6.07, 6.45) is 7.24. The minimum absolute atomic E-state index is 0.0430. The number of hydrogen-bond donors (Lipinski definition) is 0. The average molecular weight is 509 g/mol. The Kier molecular flexibility index (Phi) is 9.07. The molecule has 1 aliphatic carbocycles. The van der Waals surface area contributed by atoms with Crippen molar-refractivity contribution in [1.29, 1.82) is 0 Å². The third-order valence-corrected chi connectivity index (χ3v) is 7.45. The van der Waals surface area contributed by atoms with Gasteiger partial charge in [-0.2, -0.15) is 4.39 Å². The van der Waals surface area contributed by atoms with Gasteiger partial charge in [-0.05, 0) is 91.3 Å². The number of rotatable bonds is 9. The zero-order valence-electron chi connectivity index (χ0n) is 21.7. The highest BCUT2D eigenvalue weighted by atomic mass is 19.2. The Hall–Kier alpha value is -3.08. The molecule has 196 valence electrons. The van der Waals surface area contributed by atoms with Gasteiger partial charge in [0.2, 0.25) is 5.82 Å². The minimum atomic E-state index is -1.16. The van der Waals surface area contributed by atoms with E-state index in [1.54, 1.807) is 18.2 Å². The predicted octanol–water partition coefficient (Wildman–Crippen LogP) is 8.95. The number of esters is 1. The lowest BCUT2D eigenvalue weighted by molar-refractivity contribution is -0.140. The molecular weight excluding hydrogens is 473 g/mol. The quantitative estimate of drug-likeness (QED) is 0.213. The Labute approximate surface area is 217 Å². The molecule has 0 amide bonds. The van der Waals surface area contributed by atoms with E-state index in [0.717, 1.165) is 43.2 Å².